The van der Waals surface area contributed by atoms with Crippen LogP contribution in [0.1, 0.15) is 22.6 Å². The maximum atomic E-state index is 14.6. The van der Waals surface area contributed by atoms with E-state index in [4.69, 9.17) is 10.1 Å². The Hall–Kier alpha value is -3.15. The van der Waals surface area contributed by atoms with Gasteiger partial charge in [-0.05, 0) is 12.1 Å². The standard InChI is InChI=1S/C19H14F5N3O/c1-27(2)9-3-4-10-14(7-9)28-18(26)12(8-25)15(10)11-5-6-13(19(22,23)24)17(21)16(11)20/h3-7,12,15,26H,1-2H3. The van der Waals surface area contributed by atoms with E-state index in [-0.39, 0.29) is 11.3 Å². The predicted molar refractivity (Wildman–Crippen MR) is 91.4 cm³/mol. The molecule has 0 bridgehead atoms. The van der Waals surface area contributed by atoms with Crippen molar-refractivity contribution in [3.63, 3.8) is 0 Å². The number of halogens is 5. The van der Waals surface area contributed by atoms with Gasteiger partial charge in [0.2, 0.25) is 5.90 Å². The minimum absolute atomic E-state index is 0.160. The van der Waals surface area contributed by atoms with Crippen LogP contribution in [0.2, 0.25) is 0 Å². The highest BCUT2D eigenvalue weighted by atomic mass is 19.4. The van der Waals surface area contributed by atoms with Crippen molar-refractivity contribution in [3.05, 3.63) is 58.7 Å². The highest BCUT2D eigenvalue weighted by Crippen LogP contribution is 2.45. The van der Waals surface area contributed by atoms with Crippen LogP contribution in [-0.4, -0.2) is 20.0 Å². The number of nitrogens with one attached hydrogen (secondary N) is 1. The van der Waals surface area contributed by atoms with Crippen LogP contribution in [0.25, 0.3) is 0 Å². The number of ether oxygens (including phenoxy) is 1. The Kier molecular flexibility index (Phi) is 4.75. The molecule has 1 heterocycles. The van der Waals surface area contributed by atoms with Gasteiger partial charge in [-0.15, -0.1) is 0 Å². The molecule has 9 heteroatoms. The molecule has 2 unspecified atom stereocenters. The third-order valence-electron chi connectivity index (χ3n) is 4.58. The molecular formula is C19H14F5N3O. The van der Waals surface area contributed by atoms with Gasteiger partial charge in [-0.25, -0.2) is 8.78 Å². The van der Waals surface area contributed by atoms with E-state index in [2.05, 4.69) is 0 Å². The fourth-order valence-electron chi connectivity index (χ4n) is 3.16. The number of hydrogen-bond donors (Lipinski definition) is 1. The molecule has 0 saturated carbocycles. The normalized spacial score (nSPS) is 18.9. The van der Waals surface area contributed by atoms with Gasteiger partial charge >= 0.3 is 6.18 Å². The Morgan fingerprint density at radius 3 is 2.29 bits per heavy atom. The largest absolute Gasteiger partial charge is 0.442 e. The second-order valence-electron chi connectivity index (χ2n) is 6.50. The van der Waals surface area contributed by atoms with Gasteiger partial charge in [-0.2, -0.15) is 18.4 Å². The molecule has 1 aliphatic rings. The number of hydrogen-bond acceptors (Lipinski definition) is 4. The van der Waals surface area contributed by atoms with Gasteiger partial charge in [-0.1, -0.05) is 12.1 Å². The van der Waals surface area contributed by atoms with Crippen LogP contribution in [0, 0.1) is 34.3 Å². The first-order chi connectivity index (χ1) is 13.1. The third kappa shape index (κ3) is 3.15. The molecule has 0 saturated heterocycles. The lowest BCUT2D eigenvalue weighted by molar-refractivity contribution is -0.140. The Morgan fingerprint density at radius 1 is 1.07 bits per heavy atom. The van der Waals surface area contributed by atoms with Crippen molar-refractivity contribution >= 4 is 11.6 Å². The summed E-state index contributed by atoms with van der Waals surface area (Å²) in [7, 11) is 3.52. The summed E-state index contributed by atoms with van der Waals surface area (Å²) in [6.07, 6.45) is -5.06. The van der Waals surface area contributed by atoms with Gasteiger partial charge in [0.05, 0.1) is 11.6 Å². The molecule has 28 heavy (non-hydrogen) atoms. The number of nitrogens with zero attached hydrogens (tertiary/aromatic N) is 2. The molecule has 2 aromatic rings. The molecule has 0 spiro atoms. The summed E-state index contributed by atoms with van der Waals surface area (Å²) in [5.41, 5.74) is -1.19. The second-order valence-corrected chi connectivity index (χ2v) is 6.50. The maximum Gasteiger partial charge on any atom is 0.419 e. The molecule has 3 rings (SSSR count). The maximum absolute atomic E-state index is 14.6. The number of benzene rings is 2. The number of fused-ring (bicyclic) bond motifs is 1. The van der Waals surface area contributed by atoms with Crippen molar-refractivity contribution in [1.82, 2.24) is 0 Å². The number of rotatable bonds is 2. The van der Waals surface area contributed by atoms with Crippen LogP contribution >= 0.6 is 0 Å². The lowest BCUT2D eigenvalue weighted by atomic mass is 9.78. The SMILES string of the molecule is CN(C)c1ccc2c(c1)OC(=N)C(C#N)C2c1ccc(C(F)(F)F)c(F)c1F. The van der Waals surface area contributed by atoms with Gasteiger partial charge in [0.15, 0.2) is 11.6 Å². The van der Waals surface area contributed by atoms with Crippen LogP contribution in [0.15, 0.2) is 30.3 Å². The summed E-state index contributed by atoms with van der Waals surface area (Å²) in [6, 6.07) is 7.78. The number of nitriles is 1. The zero-order valence-corrected chi connectivity index (χ0v) is 14.7. The molecular weight excluding hydrogens is 381 g/mol. The lowest BCUT2D eigenvalue weighted by Crippen LogP contribution is -2.32. The molecule has 1 N–H and O–H groups in total. The van der Waals surface area contributed by atoms with Crippen molar-refractivity contribution in [2.45, 2.75) is 12.1 Å². The Labute approximate surface area is 157 Å². The highest BCUT2D eigenvalue weighted by Gasteiger charge is 2.41. The van der Waals surface area contributed by atoms with Crippen molar-refractivity contribution < 1.29 is 26.7 Å². The van der Waals surface area contributed by atoms with E-state index in [1.807, 2.05) is 0 Å². The highest BCUT2D eigenvalue weighted by molar-refractivity contribution is 5.85. The van der Waals surface area contributed by atoms with E-state index < -0.39 is 46.7 Å². The Balaban J connectivity index is 2.22. The minimum atomic E-state index is -5.06. The van der Waals surface area contributed by atoms with Crippen LogP contribution in [-0.2, 0) is 6.18 Å². The van der Waals surface area contributed by atoms with E-state index in [0.717, 1.165) is 6.07 Å². The zero-order chi connectivity index (χ0) is 20.8. The van der Waals surface area contributed by atoms with Crippen LogP contribution in [0.5, 0.6) is 5.75 Å². The monoisotopic (exact) mass is 395 g/mol. The van der Waals surface area contributed by atoms with E-state index in [1.165, 1.54) is 6.07 Å². The molecule has 4 nitrogen and oxygen atoms in total. The first-order valence-electron chi connectivity index (χ1n) is 8.08. The average Bonchev–Trinajstić information content (AvgIpc) is 2.61. The van der Waals surface area contributed by atoms with E-state index in [9.17, 15) is 27.2 Å². The third-order valence-corrected chi connectivity index (χ3v) is 4.58. The second kappa shape index (κ2) is 6.78. The van der Waals surface area contributed by atoms with Crippen LogP contribution in [0.3, 0.4) is 0 Å². The van der Waals surface area contributed by atoms with Gasteiger partial charge < -0.3 is 9.64 Å². The van der Waals surface area contributed by atoms with E-state index in [1.54, 1.807) is 37.2 Å². The summed E-state index contributed by atoms with van der Waals surface area (Å²) in [6.45, 7) is 0. The average molecular weight is 395 g/mol. The van der Waals surface area contributed by atoms with E-state index >= 15 is 0 Å². The minimum Gasteiger partial charge on any atom is -0.442 e. The molecule has 0 aliphatic carbocycles. The van der Waals surface area contributed by atoms with Crippen LogP contribution < -0.4 is 9.64 Å². The lowest BCUT2D eigenvalue weighted by Gasteiger charge is -2.31. The molecule has 0 radical (unpaired) electrons. The molecule has 146 valence electrons. The van der Waals surface area contributed by atoms with Crippen LogP contribution in [0.4, 0.5) is 27.6 Å². The van der Waals surface area contributed by atoms with Gasteiger partial charge in [-0.3, -0.25) is 5.41 Å². The topological polar surface area (TPSA) is 60.1 Å². The summed E-state index contributed by atoms with van der Waals surface area (Å²) < 4.78 is 72.6. The van der Waals surface area contributed by atoms with Crippen molar-refractivity contribution in [2.24, 2.45) is 5.92 Å². The summed E-state index contributed by atoms with van der Waals surface area (Å²) in [5.74, 6) is -6.57. The molecule has 0 fully saturated rings. The molecule has 0 amide bonds. The van der Waals surface area contributed by atoms with Crippen molar-refractivity contribution in [2.75, 3.05) is 19.0 Å². The summed E-state index contributed by atoms with van der Waals surface area (Å²) >= 11 is 0. The summed E-state index contributed by atoms with van der Waals surface area (Å²) in [4.78, 5) is 1.75. The van der Waals surface area contributed by atoms with E-state index in [0.29, 0.717) is 11.8 Å². The Morgan fingerprint density at radius 2 is 1.71 bits per heavy atom. The fraction of sp³-hybridized carbons (Fsp3) is 0.263. The Bertz CT molecular complexity index is 994. The van der Waals surface area contributed by atoms with Crippen molar-refractivity contribution in [3.8, 4) is 11.8 Å². The molecule has 2 aromatic carbocycles. The first-order valence-corrected chi connectivity index (χ1v) is 8.08. The number of alkyl halides is 3. The van der Waals surface area contributed by atoms with Gasteiger partial charge in [0.25, 0.3) is 0 Å². The predicted octanol–water partition coefficient (Wildman–Crippen LogP) is 4.69. The van der Waals surface area contributed by atoms with Crippen molar-refractivity contribution in [1.29, 1.82) is 10.7 Å². The molecule has 0 aromatic heterocycles. The molecule has 2 atom stereocenters. The zero-order valence-electron chi connectivity index (χ0n) is 14.7. The summed E-state index contributed by atoms with van der Waals surface area (Å²) in [5, 5.41) is 17.4. The van der Waals surface area contributed by atoms with Gasteiger partial charge in [0, 0.05) is 42.9 Å². The quantitative estimate of drug-likeness (QED) is 0.751. The van der Waals surface area contributed by atoms with Gasteiger partial charge in [0.1, 0.15) is 11.7 Å². The smallest absolute Gasteiger partial charge is 0.419 e. The fourth-order valence-corrected chi connectivity index (χ4v) is 3.16. The number of anilines is 1. The first kappa shape index (κ1) is 19.6. The molecule has 1 aliphatic heterocycles.